The molecule has 0 saturated heterocycles. The van der Waals surface area contributed by atoms with E-state index < -0.39 is 9.84 Å². The van der Waals surface area contributed by atoms with Crippen LogP contribution >= 0.6 is 23.4 Å². The van der Waals surface area contributed by atoms with Crippen molar-refractivity contribution < 1.29 is 8.42 Å². The summed E-state index contributed by atoms with van der Waals surface area (Å²) in [5.41, 5.74) is 0. The Morgan fingerprint density at radius 3 is 2.32 bits per heavy atom. The third kappa shape index (κ3) is 1.87. The van der Waals surface area contributed by atoms with Crippen molar-refractivity contribution in [2.45, 2.75) is 33.6 Å². The lowest BCUT2D eigenvalue weighted by Gasteiger charge is -2.60. The molecule has 2 aliphatic rings. The molecule has 5 heteroatoms. The number of benzene rings is 1. The van der Waals surface area contributed by atoms with Crippen molar-refractivity contribution in [1.29, 1.82) is 0 Å². The minimum absolute atomic E-state index is 0.0909. The molecule has 2 nitrogen and oxygen atoms in total. The lowest BCUT2D eigenvalue weighted by Crippen LogP contribution is -2.65. The number of fused-ring (bicyclic) bond motifs is 2. The Morgan fingerprint density at radius 1 is 1.21 bits per heavy atom. The number of halogens is 1. The van der Waals surface area contributed by atoms with Crippen molar-refractivity contribution in [2.24, 2.45) is 11.8 Å². The van der Waals surface area contributed by atoms with E-state index in [0.29, 0.717) is 4.90 Å². The molecule has 1 aromatic rings. The van der Waals surface area contributed by atoms with Gasteiger partial charge in [0.15, 0.2) is 9.84 Å². The molecular formula is C14H17ClO2S2. The highest BCUT2D eigenvalue weighted by Gasteiger charge is 2.66. The van der Waals surface area contributed by atoms with Gasteiger partial charge in [-0.15, -0.1) is 23.4 Å². The van der Waals surface area contributed by atoms with E-state index in [2.05, 4.69) is 0 Å². The van der Waals surface area contributed by atoms with Crippen molar-refractivity contribution in [1.82, 2.24) is 0 Å². The molecule has 4 atom stereocenters. The van der Waals surface area contributed by atoms with Crippen LogP contribution in [-0.2, 0) is 9.84 Å². The van der Waals surface area contributed by atoms with Gasteiger partial charge in [-0.25, -0.2) is 8.42 Å². The average Bonchev–Trinajstić information content (AvgIpc) is 2.46. The fourth-order valence-electron chi connectivity index (χ4n) is 3.67. The van der Waals surface area contributed by atoms with Gasteiger partial charge in [0, 0.05) is 11.8 Å². The van der Waals surface area contributed by atoms with Gasteiger partial charge in [0.1, 0.15) is 0 Å². The van der Waals surface area contributed by atoms with Gasteiger partial charge >= 0.3 is 0 Å². The Kier molecular flexibility index (Phi) is 3.39. The first-order valence-corrected chi connectivity index (χ1v) is 9.69. The maximum Gasteiger partial charge on any atom is 0.181 e. The molecule has 0 heterocycles. The van der Waals surface area contributed by atoms with Crippen LogP contribution in [0.5, 0.6) is 0 Å². The van der Waals surface area contributed by atoms with Gasteiger partial charge in [0.25, 0.3) is 0 Å². The molecule has 0 radical (unpaired) electrons. The number of hydrogen-bond donors (Lipinski definition) is 0. The molecule has 2 bridgehead atoms. The second kappa shape index (κ2) is 4.68. The summed E-state index contributed by atoms with van der Waals surface area (Å²) in [4.78, 5) is 0.441. The van der Waals surface area contributed by atoms with Crippen molar-refractivity contribution in [3.8, 4) is 0 Å². The maximum absolute atomic E-state index is 12.8. The number of thioether (sulfide) groups is 1. The van der Waals surface area contributed by atoms with Crippen molar-refractivity contribution >= 4 is 33.2 Å². The third-order valence-corrected chi connectivity index (χ3v) is 9.14. The predicted octanol–water partition coefficient (Wildman–Crippen LogP) is 3.56. The second-order valence-electron chi connectivity index (χ2n) is 5.37. The summed E-state index contributed by atoms with van der Waals surface area (Å²) >= 11 is 8.27. The summed E-state index contributed by atoms with van der Waals surface area (Å²) in [5.74, 6) is 0.182. The van der Waals surface area contributed by atoms with E-state index in [-0.39, 0.29) is 21.3 Å². The molecular weight excluding hydrogens is 300 g/mol. The van der Waals surface area contributed by atoms with E-state index in [1.807, 2.05) is 12.3 Å². The highest BCUT2D eigenvalue weighted by molar-refractivity contribution is 8.01. The molecule has 2 fully saturated rings. The zero-order valence-corrected chi connectivity index (χ0v) is 13.1. The Balaban J connectivity index is 1.97. The van der Waals surface area contributed by atoms with Crippen LogP contribution in [0, 0.1) is 11.8 Å². The van der Waals surface area contributed by atoms with Crippen LogP contribution in [0.25, 0.3) is 0 Å². The second-order valence-corrected chi connectivity index (χ2v) is 9.41. The quantitative estimate of drug-likeness (QED) is 0.800. The molecule has 0 N–H and O–H groups in total. The zero-order chi connectivity index (χ0) is 13.7. The summed E-state index contributed by atoms with van der Waals surface area (Å²) in [6, 6.07) is 8.79. The van der Waals surface area contributed by atoms with Gasteiger partial charge in [-0.3, -0.25) is 0 Å². The Labute approximate surface area is 123 Å². The SMILES string of the molecule is CSC1(Cl)[C@@H]2CCC[C@H]1C2S(=O)(=O)c1ccccc1. The van der Waals surface area contributed by atoms with E-state index in [0.717, 1.165) is 19.3 Å². The van der Waals surface area contributed by atoms with Gasteiger partial charge in [0.05, 0.1) is 14.4 Å². The normalized spacial score (nSPS) is 37.7. The fraction of sp³-hybridized carbons (Fsp3) is 0.571. The average molecular weight is 317 g/mol. The Hall–Kier alpha value is -0.190. The van der Waals surface area contributed by atoms with Gasteiger partial charge in [-0.1, -0.05) is 24.6 Å². The molecule has 2 saturated carbocycles. The van der Waals surface area contributed by atoms with Crippen LogP contribution < -0.4 is 0 Å². The van der Waals surface area contributed by atoms with Gasteiger partial charge in [0.2, 0.25) is 0 Å². The maximum atomic E-state index is 12.8. The number of alkyl halides is 1. The first-order valence-electron chi connectivity index (χ1n) is 6.55. The zero-order valence-electron chi connectivity index (χ0n) is 10.8. The smallest absolute Gasteiger partial charge is 0.181 e. The standard InChI is InChI=1S/C14H17ClO2S2/c1-18-14(15)11-8-5-9-12(14)13(11)19(16,17)10-6-3-2-4-7-10/h2-4,6-7,11-13H,5,8-9H2,1H3/t11-,12+,13?,14?. The summed E-state index contributed by atoms with van der Waals surface area (Å²) < 4.78 is 25.2. The number of rotatable bonds is 3. The van der Waals surface area contributed by atoms with Crippen LogP contribution in [0.4, 0.5) is 0 Å². The fourth-order valence-corrected chi connectivity index (χ4v) is 8.03. The van der Waals surface area contributed by atoms with E-state index >= 15 is 0 Å². The largest absolute Gasteiger partial charge is 0.223 e. The first-order chi connectivity index (χ1) is 9.02. The molecule has 2 aliphatic carbocycles. The third-order valence-electron chi connectivity index (χ3n) is 4.58. The molecule has 0 spiro atoms. The van der Waals surface area contributed by atoms with E-state index in [4.69, 9.17) is 11.6 Å². The summed E-state index contributed by atoms with van der Waals surface area (Å²) in [5, 5.41) is -0.284. The minimum Gasteiger partial charge on any atom is -0.223 e. The predicted molar refractivity (Wildman–Crippen MR) is 80.3 cm³/mol. The van der Waals surface area contributed by atoms with Crippen molar-refractivity contribution in [2.75, 3.05) is 6.26 Å². The van der Waals surface area contributed by atoms with Crippen LogP contribution in [0.3, 0.4) is 0 Å². The summed E-state index contributed by atoms with van der Waals surface area (Å²) in [6.45, 7) is 0. The van der Waals surface area contributed by atoms with Crippen LogP contribution in [-0.4, -0.2) is 24.1 Å². The minimum atomic E-state index is -3.24. The number of sulfone groups is 1. The van der Waals surface area contributed by atoms with Crippen LogP contribution in [0.15, 0.2) is 35.2 Å². The molecule has 1 aromatic carbocycles. The molecule has 104 valence electrons. The first kappa shape index (κ1) is 13.8. The van der Waals surface area contributed by atoms with Crippen molar-refractivity contribution in [3.63, 3.8) is 0 Å². The molecule has 0 aliphatic heterocycles. The molecule has 0 amide bonds. The lowest BCUT2D eigenvalue weighted by atomic mass is 9.63. The molecule has 19 heavy (non-hydrogen) atoms. The lowest BCUT2D eigenvalue weighted by molar-refractivity contribution is 0.108. The molecule has 3 rings (SSSR count). The monoisotopic (exact) mass is 316 g/mol. The van der Waals surface area contributed by atoms with E-state index in [1.165, 1.54) is 0 Å². The molecule has 0 aromatic heterocycles. The number of hydrogen-bond acceptors (Lipinski definition) is 3. The summed E-state index contributed by atoms with van der Waals surface area (Å²) in [6.07, 6.45) is 4.95. The highest BCUT2D eigenvalue weighted by atomic mass is 35.5. The Bertz CT molecular complexity index is 558. The summed E-state index contributed by atoms with van der Waals surface area (Å²) in [7, 11) is -3.24. The molecule has 2 unspecified atom stereocenters. The van der Waals surface area contributed by atoms with E-state index in [9.17, 15) is 8.42 Å². The van der Waals surface area contributed by atoms with Crippen LogP contribution in [0.1, 0.15) is 19.3 Å². The van der Waals surface area contributed by atoms with Gasteiger partial charge < -0.3 is 0 Å². The van der Waals surface area contributed by atoms with Crippen molar-refractivity contribution in [3.05, 3.63) is 30.3 Å². The van der Waals surface area contributed by atoms with Gasteiger partial charge in [-0.2, -0.15) is 0 Å². The Morgan fingerprint density at radius 2 is 1.79 bits per heavy atom. The highest BCUT2D eigenvalue weighted by Crippen LogP contribution is 2.64. The van der Waals surface area contributed by atoms with Crippen LogP contribution in [0.2, 0.25) is 0 Å². The van der Waals surface area contributed by atoms with Gasteiger partial charge in [-0.05, 0) is 31.2 Å². The topological polar surface area (TPSA) is 34.1 Å². The van der Waals surface area contributed by atoms with E-state index in [1.54, 1.807) is 36.0 Å².